The number of amides is 1. The van der Waals surface area contributed by atoms with Crippen molar-refractivity contribution in [2.45, 2.75) is 39.2 Å². The highest BCUT2D eigenvalue weighted by Crippen LogP contribution is 2.19. The number of ether oxygens (including phenoxy) is 1. The second-order valence-corrected chi connectivity index (χ2v) is 7.36. The molecule has 2 N–H and O–H groups in total. The Labute approximate surface area is 177 Å². The Bertz CT molecular complexity index is 839. The van der Waals surface area contributed by atoms with E-state index >= 15 is 0 Å². The normalized spacial score (nSPS) is 15.2. The molecule has 1 fully saturated rings. The summed E-state index contributed by atoms with van der Waals surface area (Å²) in [6, 6.07) is 8.41. The molecule has 0 bridgehead atoms. The topological polar surface area (TPSA) is 92.0 Å². The zero-order valence-electron chi connectivity index (χ0n) is 18.0. The molecule has 1 aromatic heterocycles. The van der Waals surface area contributed by atoms with Crippen LogP contribution in [0, 0.1) is 6.92 Å². The van der Waals surface area contributed by atoms with Gasteiger partial charge in [-0.1, -0.05) is 17.7 Å². The van der Waals surface area contributed by atoms with Crippen molar-refractivity contribution in [3.05, 3.63) is 41.8 Å². The van der Waals surface area contributed by atoms with Gasteiger partial charge in [-0.25, -0.2) is 9.78 Å². The predicted octanol–water partition coefficient (Wildman–Crippen LogP) is 2.98. The number of guanidine groups is 1. The molecule has 0 unspecified atom stereocenters. The smallest absolute Gasteiger partial charge is 0.409 e. The molecular weight excluding hydrogens is 382 g/mol. The van der Waals surface area contributed by atoms with Gasteiger partial charge in [0.1, 0.15) is 6.26 Å². The molecule has 1 saturated heterocycles. The third-order valence-electron chi connectivity index (χ3n) is 5.11. The van der Waals surface area contributed by atoms with Gasteiger partial charge in [0.25, 0.3) is 0 Å². The van der Waals surface area contributed by atoms with Gasteiger partial charge in [0, 0.05) is 44.7 Å². The minimum Gasteiger partial charge on any atom is -0.450 e. The third-order valence-corrected chi connectivity index (χ3v) is 5.11. The Morgan fingerprint density at radius 1 is 1.30 bits per heavy atom. The zero-order valence-corrected chi connectivity index (χ0v) is 18.0. The lowest BCUT2D eigenvalue weighted by Gasteiger charge is -2.32. The maximum Gasteiger partial charge on any atom is 0.409 e. The Morgan fingerprint density at radius 3 is 2.70 bits per heavy atom. The maximum atomic E-state index is 11.8. The number of likely N-dealkylation sites (tertiary alicyclic amines) is 1. The number of hydrogen-bond donors (Lipinski definition) is 2. The van der Waals surface area contributed by atoms with Crippen LogP contribution in [0.5, 0.6) is 0 Å². The summed E-state index contributed by atoms with van der Waals surface area (Å²) in [5.41, 5.74) is 3.09. The number of benzene rings is 1. The minimum atomic E-state index is -0.226. The number of aromatic nitrogens is 1. The molecule has 1 aromatic carbocycles. The average Bonchev–Trinajstić information content (AvgIpc) is 3.23. The first kappa shape index (κ1) is 21.7. The van der Waals surface area contributed by atoms with Crippen LogP contribution < -0.4 is 10.6 Å². The van der Waals surface area contributed by atoms with E-state index in [1.165, 1.54) is 5.56 Å². The summed E-state index contributed by atoms with van der Waals surface area (Å²) in [7, 11) is 1.76. The average molecular weight is 414 g/mol. The van der Waals surface area contributed by atoms with Crippen LogP contribution in [-0.4, -0.2) is 61.3 Å². The highest BCUT2D eigenvalue weighted by atomic mass is 16.6. The number of carbonyl (C=O) groups is 1. The molecule has 2 aromatic rings. The summed E-state index contributed by atoms with van der Waals surface area (Å²) in [5, 5.41) is 6.76. The summed E-state index contributed by atoms with van der Waals surface area (Å²) in [6.07, 6.45) is 3.94. The van der Waals surface area contributed by atoms with Crippen LogP contribution in [0.4, 0.5) is 4.79 Å². The monoisotopic (exact) mass is 413 g/mol. The Kier molecular flexibility index (Phi) is 7.70. The van der Waals surface area contributed by atoms with E-state index in [0.29, 0.717) is 32.1 Å². The molecule has 0 spiro atoms. The van der Waals surface area contributed by atoms with Gasteiger partial charge < -0.3 is 24.7 Å². The predicted molar refractivity (Wildman–Crippen MR) is 116 cm³/mol. The summed E-state index contributed by atoms with van der Waals surface area (Å²) in [4.78, 5) is 22.4. The Balaban J connectivity index is 1.41. The van der Waals surface area contributed by atoms with Gasteiger partial charge in [-0.2, -0.15) is 0 Å². The van der Waals surface area contributed by atoms with Crippen molar-refractivity contribution in [2.24, 2.45) is 4.99 Å². The molecule has 30 heavy (non-hydrogen) atoms. The second-order valence-electron chi connectivity index (χ2n) is 7.36. The number of nitrogens with one attached hydrogen (secondary N) is 2. The number of piperidine rings is 1. The number of aliphatic imine (C=N–C) groups is 1. The number of hydrogen-bond acceptors (Lipinski definition) is 5. The van der Waals surface area contributed by atoms with Gasteiger partial charge in [0.2, 0.25) is 5.89 Å². The lowest BCUT2D eigenvalue weighted by molar-refractivity contribution is 0.0963. The molecule has 2 heterocycles. The summed E-state index contributed by atoms with van der Waals surface area (Å²) in [6.45, 7) is 6.36. The fraction of sp³-hybridized carbons (Fsp3) is 0.500. The first-order valence-electron chi connectivity index (χ1n) is 10.5. The molecule has 162 valence electrons. The second kappa shape index (κ2) is 10.7. The lowest BCUT2D eigenvalue weighted by atomic mass is 10.1. The highest BCUT2D eigenvalue weighted by molar-refractivity contribution is 5.80. The number of aryl methyl sites for hydroxylation is 1. The van der Waals surface area contributed by atoms with Crippen molar-refractivity contribution in [3.63, 3.8) is 0 Å². The molecule has 0 radical (unpaired) electrons. The molecule has 1 aliphatic heterocycles. The van der Waals surface area contributed by atoms with E-state index in [9.17, 15) is 4.79 Å². The van der Waals surface area contributed by atoms with E-state index in [2.05, 4.69) is 27.5 Å². The summed E-state index contributed by atoms with van der Waals surface area (Å²) >= 11 is 0. The molecule has 3 rings (SSSR count). The van der Waals surface area contributed by atoms with Crippen molar-refractivity contribution < 1.29 is 13.9 Å². The van der Waals surface area contributed by atoms with Crippen LogP contribution in [0.3, 0.4) is 0 Å². The van der Waals surface area contributed by atoms with E-state index < -0.39 is 0 Å². The quantitative estimate of drug-likeness (QED) is 0.559. The molecule has 0 atom stereocenters. The largest absolute Gasteiger partial charge is 0.450 e. The Hall–Kier alpha value is -3.03. The Morgan fingerprint density at radius 2 is 2.03 bits per heavy atom. The lowest BCUT2D eigenvalue weighted by Crippen LogP contribution is -2.50. The standard InChI is InChI=1S/C22H31N5O3/c1-4-29-22(28)27-13-10-18(11-14-27)26-21(23-3)24-12-9-19-15-30-20(25-19)17-7-5-16(2)6-8-17/h5-8,15,18H,4,9-14H2,1-3H3,(H2,23,24,26). The van der Waals surface area contributed by atoms with Crippen LogP contribution >= 0.6 is 0 Å². The number of rotatable bonds is 6. The van der Waals surface area contributed by atoms with Crippen molar-refractivity contribution >= 4 is 12.1 Å². The fourth-order valence-corrected chi connectivity index (χ4v) is 3.37. The maximum absolute atomic E-state index is 11.8. The van der Waals surface area contributed by atoms with E-state index in [-0.39, 0.29) is 12.1 Å². The van der Waals surface area contributed by atoms with Crippen LogP contribution in [0.25, 0.3) is 11.5 Å². The van der Waals surface area contributed by atoms with Gasteiger partial charge in [-0.05, 0) is 38.8 Å². The first-order chi connectivity index (χ1) is 14.6. The fourth-order valence-electron chi connectivity index (χ4n) is 3.37. The van der Waals surface area contributed by atoms with Gasteiger partial charge in [0.05, 0.1) is 12.3 Å². The number of nitrogens with zero attached hydrogens (tertiary/aromatic N) is 3. The van der Waals surface area contributed by atoms with Crippen LogP contribution in [0.1, 0.15) is 31.0 Å². The number of oxazole rings is 1. The van der Waals surface area contributed by atoms with Gasteiger partial charge >= 0.3 is 6.09 Å². The van der Waals surface area contributed by atoms with E-state index in [1.54, 1.807) is 18.2 Å². The van der Waals surface area contributed by atoms with Crippen molar-refractivity contribution in [2.75, 3.05) is 33.3 Å². The third kappa shape index (κ3) is 5.98. The first-order valence-corrected chi connectivity index (χ1v) is 10.5. The van der Waals surface area contributed by atoms with E-state index in [4.69, 9.17) is 9.15 Å². The van der Waals surface area contributed by atoms with Crippen LogP contribution in [0.15, 0.2) is 39.9 Å². The zero-order chi connectivity index (χ0) is 21.3. The van der Waals surface area contributed by atoms with Crippen LogP contribution in [0.2, 0.25) is 0 Å². The van der Waals surface area contributed by atoms with Gasteiger partial charge in [-0.3, -0.25) is 4.99 Å². The van der Waals surface area contributed by atoms with Crippen LogP contribution in [-0.2, 0) is 11.2 Å². The van der Waals surface area contributed by atoms with Gasteiger partial charge in [0.15, 0.2) is 5.96 Å². The van der Waals surface area contributed by atoms with Crippen molar-refractivity contribution in [3.8, 4) is 11.5 Å². The minimum absolute atomic E-state index is 0.226. The van der Waals surface area contributed by atoms with E-state index in [0.717, 1.165) is 36.5 Å². The molecule has 1 aliphatic rings. The van der Waals surface area contributed by atoms with Gasteiger partial charge in [-0.15, -0.1) is 0 Å². The van der Waals surface area contributed by atoms with Crippen molar-refractivity contribution in [1.29, 1.82) is 0 Å². The molecule has 0 saturated carbocycles. The molecular formula is C22H31N5O3. The SMILES string of the molecule is CCOC(=O)N1CCC(NC(=NC)NCCc2coc(-c3ccc(C)cc3)n2)CC1. The molecule has 8 nitrogen and oxygen atoms in total. The number of carbonyl (C=O) groups excluding carboxylic acids is 1. The molecule has 1 amide bonds. The summed E-state index contributed by atoms with van der Waals surface area (Å²) < 4.78 is 10.7. The van der Waals surface area contributed by atoms with E-state index in [1.807, 2.05) is 31.2 Å². The molecule has 8 heteroatoms. The highest BCUT2D eigenvalue weighted by Gasteiger charge is 2.24. The summed E-state index contributed by atoms with van der Waals surface area (Å²) in [5.74, 6) is 1.40. The van der Waals surface area contributed by atoms with Crippen molar-refractivity contribution in [1.82, 2.24) is 20.5 Å². The molecule has 0 aliphatic carbocycles.